The van der Waals surface area contributed by atoms with E-state index in [1.165, 1.54) is 25.7 Å². The zero-order valence-corrected chi connectivity index (χ0v) is 12.7. The molecule has 2 aliphatic carbocycles. The molecule has 2 saturated carbocycles. The molecule has 3 rings (SSSR count). The maximum Gasteiger partial charge on any atom is 0.228 e. The molecule has 110 valence electrons. The number of hydrogen-bond acceptors (Lipinski definition) is 5. The van der Waals surface area contributed by atoms with E-state index in [1.807, 2.05) is 0 Å². The van der Waals surface area contributed by atoms with E-state index in [2.05, 4.69) is 32.5 Å². The maximum atomic E-state index is 5.95. The Morgan fingerprint density at radius 2 is 1.90 bits per heavy atom. The van der Waals surface area contributed by atoms with Crippen molar-refractivity contribution in [1.82, 2.24) is 15.0 Å². The number of nitrogens with zero attached hydrogens (tertiary/aromatic N) is 3. The summed E-state index contributed by atoms with van der Waals surface area (Å²) in [6, 6.07) is 0. The lowest BCUT2D eigenvalue weighted by molar-refractivity contribution is 0.348. The van der Waals surface area contributed by atoms with E-state index < -0.39 is 0 Å². The molecule has 5 nitrogen and oxygen atoms in total. The monoisotopic (exact) mass is 295 g/mol. The average Bonchev–Trinajstić information content (AvgIpc) is 3.05. The highest BCUT2D eigenvalue weighted by Gasteiger charge is 2.39. The third-order valence-electron chi connectivity index (χ3n) is 4.55. The van der Waals surface area contributed by atoms with Crippen LogP contribution >= 0.6 is 11.6 Å². The molecule has 1 heterocycles. The first-order valence-electron chi connectivity index (χ1n) is 7.64. The second-order valence-electron chi connectivity index (χ2n) is 5.99. The fourth-order valence-electron chi connectivity index (χ4n) is 3.59. The van der Waals surface area contributed by atoms with Crippen molar-refractivity contribution in [3.8, 4) is 0 Å². The number of nitrogens with one attached hydrogen (secondary N) is 2. The Balaban J connectivity index is 1.57. The van der Waals surface area contributed by atoms with Crippen LogP contribution in [0.5, 0.6) is 0 Å². The molecular formula is C14H22ClN5. The van der Waals surface area contributed by atoms with Gasteiger partial charge in [-0.2, -0.15) is 15.0 Å². The largest absolute Gasteiger partial charge is 0.354 e. The Hall–Kier alpha value is -1.10. The van der Waals surface area contributed by atoms with Crippen LogP contribution in [0.4, 0.5) is 11.9 Å². The van der Waals surface area contributed by atoms with Crippen LogP contribution < -0.4 is 10.6 Å². The Morgan fingerprint density at radius 1 is 1.10 bits per heavy atom. The summed E-state index contributed by atoms with van der Waals surface area (Å²) in [5.74, 6) is 3.79. The van der Waals surface area contributed by atoms with Gasteiger partial charge in [0.05, 0.1) is 0 Å². The standard InChI is InChI=1S/C14H22ClN5/c1-2-5-16-13-18-12(15)19-14(20-13)17-8-11-7-9-3-4-10(11)6-9/h9-11H,2-8H2,1H3,(H2,16,17,18,19,20). The lowest BCUT2D eigenvalue weighted by Crippen LogP contribution is -2.21. The van der Waals surface area contributed by atoms with Crippen LogP contribution in [0.2, 0.25) is 5.28 Å². The Kier molecular flexibility index (Phi) is 4.24. The molecule has 6 heteroatoms. The van der Waals surface area contributed by atoms with Crippen molar-refractivity contribution in [2.24, 2.45) is 17.8 Å². The Morgan fingerprint density at radius 3 is 2.55 bits per heavy atom. The molecule has 1 aromatic heterocycles. The highest BCUT2D eigenvalue weighted by molar-refractivity contribution is 6.28. The minimum absolute atomic E-state index is 0.244. The second-order valence-corrected chi connectivity index (χ2v) is 6.33. The molecule has 2 bridgehead atoms. The first-order valence-corrected chi connectivity index (χ1v) is 8.01. The fourth-order valence-corrected chi connectivity index (χ4v) is 3.75. The van der Waals surface area contributed by atoms with Crippen molar-refractivity contribution < 1.29 is 0 Å². The van der Waals surface area contributed by atoms with Gasteiger partial charge in [0.1, 0.15) is 0 Å². The van der Waals surface area contributed by atoms with Gasteiger partial charge in [0.15, 0.2) is 0 Å². The third kappa shape index (κ3) is 3.14. The lowest BCUT2D eigenvalue weighted by atomic mass is 9.89. The summed E-state index contributed by atoms with van der Waals surface area (Å²) in [6.45, 7) is 3.89. The van der Waals surface area contributed by atoms with E-state index >= 15 is 0 Å². The zero-order chi connectivity index (χ0) is 13.9. The molecule has 0 spiro atoms. The van der Waals surface area contributed by atoms with Crippen LogP contribution in [0, 0.1) is 17.8 Å². The van der Waals surface area contributed by atoms with Crippen molar-refractivity contribution in [2.45, 2.75) is 39.0 Å². The number of halogens is 1. The molecule has 0 aliphatic heterocycles. The molecule has 2 aliphatic rings. The number of hydrogen-bond donors (Lipinski definition) is 2. The third-order valence-corrected chi connectivity index (χ3v) is 4.72. The summed E-state index contributed by atoms with van der Waals surface area (Å²) in [7, 11) is 0. The first-order chi connectivity index (χ1) is 9.74. The van der Waals surface area contributed by atoms with Gasteiger partial charge in [-0.3, -0.25) is 0 Å². The summed E-state index contributed by atoms with van der Waals surface area (Å²) >= 11 is 5.95. The quantitative estimate of drug-likeness (QED) is 0.844. The summed E-state index contributed by atoms with van der Waals surface area (Å²) < 4.78 is 0. The molecule has 0 amide bonds. The van der Waals surface area contributed by atoms with Gasteiger partial charge in [-0.15, -0.1) is 0 Å². The lowest BCUT2D eigenvalue weighted by Gasteiger charge is -2.21. The van der Waals surface area contributed by atoms with Gasteiger partial charge < -0.3 is 10.6 Å². The predicted octanol–water partition coefficient (Wildman–Crippen LogP) is 3.20. The van der Waals surface area contributed by atoms with Gasteiger partial charge >= 0.3 is 0 Å². The summed E-state index contributed by atoms with van der Waals surface area (Å²) in [4.78, 5) is 12.6. The average molecular weight is 296 g/mol. The zero-order valence-electron chi connectivity index (χ0n) is 11.9. The topological polar surface area (TPSA) is 62.7 Å². The fraction of sp³-hybridized carbons (Fsp3) is 0.786. The molecule has 20 heavy (non-hydrogen) atoms. The number of rotatable bonds is 6. The molecule has 0 radical (unpaired) electrons. The van der Waals surface area contributed by atoms with Crippen LogP contribution in [0.15, 0.2) is 0 Å². The van der Waals surface area contributed by atoms with Gasteiger partial charge in [0, 0.05) is 13.1 Å². The van der Waals surface area contributed by atoms with Gasteiger partial charge in [-0.05, 0) is 55.0 Å². The minimum atomic E-state index is 0.244. The number of fused-ring (bicyclic) bond motifs is 2. The molecular weight excluding hydrogens is 274 g/mol. The van der Waals surface area contributed by atoms with Gasteiger partial charge in [-0.25, -0.2) is 0 Å². The first kappa shape index (κ1) is 13.9. The van der Waals surface area contributed by atoms with E-state index in [0.717, 1.165) is 37.3 Å². The molecule has 2 N–H and O–H groups in total. The van der Waals surface area contributed by atoms with Crippen LogP contribution in [-0.2, 0) is 0 Å². The van der Waals surface area contributed by atoms with Crippen molar-refractivity contribution >= 4 is 23.5 Å². The van der Waals surface area contributed by atoms with Gasteiger partial charge in [0.2, 0.25) is 17.2 Å². The normalized spacial score (nSPS) is 27.8. The molecule has 0 saturated heterocycles. The van der Waals surface area contributed by atoms with Crippen molar-refractivity contribution in [1.29, 1.82) is 0 Å². The second kappa shape index (κ2) is 6.12. The Labute approximate surface area is 124 Å². The van der Waals surface area contributed by atoms with Crippen molar-refractivity contribution in [3.63, 3.8) is 0 Å². The smallest absolute Gasteiger partial charge is 0.228 e. The van der Waals surface area contributed by atoms with Gasteiger partial charge in [0.25, 0.3) is 0 Å². The SMILES string of the molecule is CCCNc1nc(Cl)nc(NCC2CC3CCC2C3)n1. The number of anilines is 2. The van der Waals surface area contributed by atoms with E-state index in [4.69, 9.17) is 11.6 Å². The van der Waals surface area contributed by atoms with E-state index in [-0.39, 0.29) is 5.28 Å². The molecule has 3 unspecified atom stereocenters. The molecule has 1 aromatic rings. The van der Waals surface area contributed by atoms with Crippen molar-refractivity contribution in [2.75, 3.05) is 23.7 Å². The number of aromatic nitrogens is 3. The van der Waals surface area contributed by atoms with E-state index in [0.29, 0.717) is 11.9 Å². The summed E-state index contributed by atoms with van der Waals surface area (Å²) in [6.07, 6.45) is 6.64. The minimum Gasteiger partial charge on any atom is -0.354 e. The summed E-state index contributed by atoms with van der Waals surface area (Å²) in [5.41, 5.74) is 0. The molecule has 0 aromatic carbocycles. The molecule has 3 atom stereocenters. The van der Waals surface area contributed by atoms with Crippen LogP contribution in [0.1, 0.15) is 39.0 Å². The molecule has 2 fully saturated rings. The predicted molar refractivity (Wildman–Crippen MR) is 81.0 cm³/mol. The van der Waals surface area contributed by atoms with Crippen LogP contribution in [-0.4, -0.2) is 28.0 Å². The van der Waals surface area contributed by atoms with Gasteiger partial charge in [-0.1, -0.05) is 13.3 Å². The summed E-state index contributed by atoms with van der Waals surface area (Å²) in [5, 5.41) is 6.73. The van der Waals surface area contributed by atoms with Crippen LogP contribution in [0.3, 0.4) is 0 Å². The van der Waals surface area contributed by atoms with Crippen molar-refractivity contribution in [3.05, 3.63) is 5.28 Å². The maximum absolute atomic E-state index is 5.95. The van der Waals surface area contributed by atoms with E-state index in [1.54, 1.807) is 0 Å². The highest BCUT2D eigenvalue weighted by Crippen LogP contribution is 2.48. The van der Waals surface area contributed by atoms with E-state index in [9.17, 15) is 0 Å². The van der Waals surface area contributed by atoms with Crippen LogP contribution in [0.25, 0.3) is 0 Å². The highest BCUT2D eigenvalue weighted by atomic mass is 35.5. The Bertz CT molecular complexity index is 467.